The van der Waals surface area contributed by atoms with Gasteiger partial charge < -0.3 is 23.7 Å². The van der Waals surface area contributed by atoms with Crippen molar-refractivity contribution in [3.05, 3.63) is 48.0 Å². The van der Waals surface area contributed by atoms with Crippen LogP contribution in [0.25, 0.3) is 11.1 Å². The normalized spacial score (nSPS) is 10.6. The van der Waals surface area contributed by atoms with E-state index in [4.69, 9.17) is 23.7 Å². The second kappa shape index (κ2) is 9.93. The summed E-state index contributed by atoms with van der Waals surface area (Å²) in [6, 6.07) is 14.0. The molecule has 0 unspecified atom stereocenters. The van der Waals surface area contributed by atoms with E-state index in [1.807, 2.05) is 30.3 Å². The van der Waals surface area contributed by atoms with E-state index < -0.39 is 0 Å². The summed E-state index contributed by atoms with van der Waals surface area (Å²) < 4.78 is 26.7. The molecule has 0 aliphatic heterocycles. The first-order valence-corrected chi connectivity index (χ1v) is 7.75. The van der Waals surface area contributed by atoms with Crippen molar-refractivity contribution in [3.8, 4) is 22.6 Å². The lowest BCUT2D eigenvalue weighted by Crippen LogP contribution is -2.06. The monoisotopic (exact) mass is 332 g/mol. The number of rotatable bonds is 10. The Kier molecular flexibility index (Phi) is 7.55. The van der Waals surface area contributed by atoms with Gasteiger partial charge in [0.15, 0.2) is 13.6 Å². The fourth-order valence-corrected chi connectivity index (χ4v) is 2.43. The highest BCUT2D eigenvalue weighted by Gasteiger charge is 2.15. The van der Waals surface area contributed by atoms with Gasteiger partial charge in [0.2, 0.25) is 0 Å². The molecule has 5 nitrogen and oxygen atoms in total. The summed E-state index contributed by atoms with van der Waals surface area (Å²) in [5, 5.41) is 0. The second-order valence-corrected chi connectivity index (χ2v) is 5.17. The van der Waals surface area contributed by atoms with Crippen molar-refractivity contribution in [2.45, 2.75) is 6.42 Å². The van der Waals surface area contributed by atoms with Crippen molar-refractivity contribution in [1.29, 1.82) is 0 Å². The predicted octanol–water partition coefficient (Wildman–Crippen LogP) is 3.51. The maximum atomic E-state index is 5.80. The average molecular weight is 332 g/mol. The molecule has 0 heterocycles. The molecule has 0 fully saturated rings. The standard InChI is InChI=1S/C19H24O5/c1-20-10-9-16-11-17(23-13-21-2)12-18(24-14-22-3)19(16)15-7-5-4-6-8-15/h4-8,11-12H,9-10,13-14H2,1-3H3. The van der Waals surface area contributed by atoms with Gasteiger partial charge in [-0.2, -0.15) is 0 Å². The lowest BCUT2D eigenvalue weighted by atomic mass is 9.96. The highest BCUT2D eigenvalue weighted by molar-refractivity contribution is 5.75. The lowest BCUT2D eigenvalue weighted by Gasteiger charge is -2.18. The van der Waals surface area contributed by atoms with E-state index in [-0.39, 0.29) is 13.6 Å². The van der Waals surface area contributed by atoms with Gasteiger partial charge in [0, 0.05) is 33.0 Å². The fraction of sp³-hybridized carbons (Fsp3) is 0.368. The van der Waals surface area contributed by atoms with Crippen LogP contribution in [0.3, 0.4) is 0 Å². The Morgan fingerprint density at radius 3 is 2.17 bits per heavy atom. The van der Waals surface area contributed by atoms with Gasteiger partial charge in [-0.15, -0.1) is 0 Å². The molecule has 0 aliphatic carbocycles. The van der Waals surface area contributed by atoms with E-state index in [0.29, 0.717) is 18.1 Å². The van der Waals surface area contributed by atoms with E-state index in [1.165, 1.54) is 0 Å². The quantitative estimate of drug-likeness (QED) is 0.623. The van der Waals surface area contributed by atoms with Gasteiger partial charge in [0.25, 0.3) is 0 Å². The van der Waals surface area contributed by atoms with Crippen molar-refractivity contribution < 1.29 is 23.7 Å². The smallest absolute Gasteiger partial charge is 0.188 e. The van der Waals surface area contributed by atoms with Crippen LogP contribution in [-0.4, -0.2) is 41.5 Å². The van der Waals surface area contributed by atoms with Gasteiger partial charge in [0.05, 0.1) is 6.61 Å². The van der Waals surface area contributed by atoms with E-state index in [9.17, 15) is 0 Å². The highest BCUT2D eigenvalue weighted by Crippen LogP contribution is 2.37. The molecule has 0 saturated carbocycles. The van der Waals surface area contributed by atoms with Gasteiger partial charge in [0.1, 0.15) is 11.5 Å². The van der Waals surface area contributed by atoms with Crippen LogP contribution < -0.4 is 9.47 Å². The average Bonchev–Trinajstić information content (AvgIpc) is 2.63. The minimum Gasteiger partial charge on any atom is -0.467 e. The molecule has 0 radical (unpaired) electrons. The minimum atomic E-state index is 0.164. The van der Waals surface area contributed by atoms with Gasteiger partial charge in [-0.3, -0.25) is 0 Å². The maximum Gasteiger partial charge on any atom is 0.188 e. The van der Waals surface area contributed by atoms with E-state index in [2.05, 4.69) is 12.1 Å². The first-order chi connectivity index (χ1) is 11.8. The fourth-order valence-electron chi connectivity index (χ4n) is 2.43. The van der Waals surface area contributed by atoms with Crippen LogP contribution in [0.15, 0.2) is 42.5 Å². The van der Waals surface area contributed by atoms with Crippen LogP contribution in [0, 0.1) is 0 Å². The molecule has 0 spiro atoms. The molecule has 0 aliphatic rings. The highest BCUT2D eigenvalue weighted by atomic mass is 16.7. The Morgan fingerprint density at radius 1 is 0.792 bits per heavy atom. The second-order valence-electron chi connectivity index (χ2n) is 5.17. The molecule has 0 saturated heterocycles. The van der Waals surface area contributed by atoms with E-state index in [1.54, 1.807) is 21.3 Å². The first kappa shape index (κ1) is 18.3. The zero-order chi connectivity index (χ0) is 17.2. The van der Waals surface area contributed by atoms with Crippen molar-refractivity contribution in [1.82, 2.24) is 0 Å². The summed E-state index contributed by atoms with van der Waals surface area (Å²) in [6.45, 7) is 0.951. The van der Waals surface area contributed by atoms with Crippen LogP contribution >= 0.6 is 0 Å². The Morgan fingerprint density at radius 2 is 1.50 bits per heavy atom. The predicted molar refractivity (Wildman–Crippen MR) is 92.5 cm³/mol. The third-order valence-corrected chi connectivity index (χ3v) is 3.47. The number of benzene rings is 2. The van der Waals surface area contributed by atoms with Crippen LogP contribution in [0.5, 0.6) is 11.5 Å². The Labute approximate surface area is 143 Å². The summed E-state index contributed by atoms with van der Waals surface area (Å²) in [6.07, 6.45) is 0.744. The lowest BCUT2D eigenvalue weighted by molar-refractivity contribution is 0.0462. The maximum absolute atomic E-state index is 5.80. The summed E-state index contributed by atoms with van der Waals surface area (Å²) in [5.74, 6) is 1.40. The van der Waals surface area contributed by atoms with Crippen molar-refractivity contribution in [3.63, 3.8) is 0 Å². The summed E-state index contributed by atoms with van der Waals surface area (Å²) in [4.78, 5) is 0. The number of methoxy groups -OCH3 is 3. The van der Waals surface area contributed by atoms with Crippen LogP contribution in [0.2, 0.25) is 0 Å². The zero-order valence-electron chi connectivity index (χ0n) is 14.4. The van der Waals surface area contributed by atoms with Gasteiger partial charge in [-0.25, -0.2) is 0 Å². The summed E-state index contributed by atoms with van der Waals surface area (Å²) in [7, 11) is 4.88. The Balaban J connectivity index is 2.48. The molecule has 0 aromatic heterocycles. The van der Waals surface area contributed by atoms with Crippen LogP contribution in [0.4, 0.5) is 0 Å². The van der Waals surface area contributed by atoms with Gasteiger partial charge in [-0.05, 0) is 23.6 Å². The SMILES string of the molecule is COCCc1cc(OCOC)cc(OCOC)c1-c1ccccc1. The molecular weight excluding hydrogens is 308 g/mol. The minimum absolute atomic E-state index is 0.164. The molecule has 5 heteroatoms. The topological polar surface area (TPSA) is 46.2 Å². The molecule has 2 rings (SSSR count). The molecule has 2 aromatic carbocycles. The van der Waals surface area contributed by atoms with Crippen molar-refractivity contribution in [2.75, 3.05) is 41.5 Å². The molecule has 0 amide bonds. The Hall–Kier alpha value is -2.08. The number of ether oxygens (including phenoxy) is 5. The molecule has 0 atom stereocenters. The summed E-state index contributed by atoms with van der Waals surface area (Å²) in [5.41, 5.74) is 3.19. The third-order valence-electron chi connectivity index (χ3n) is 3.47. The third kappa shape index (κ3) is 4.96. The van der Waals surface area contributed by atoms with E-state index >= 15 is 0 Å². The summed E-state index contributed by atoms with van der Waals surface area (Å²) >= 11 is 0. The van der Waals surface area contributed by atoms with Crippen molar-refractivity contribution >= 4 is 0 Å². The zero-order valence-corrected chi connectivity index (χ0v) is 14.4. The molecule has 24 heavy (non-hydrogen) atoms. The largest absolute Gasteiger partial charge is 0.467 e. The van der Waals surface area contributed by atoms with Gasteiger partial charge >= 0.3 is 0 Å². The molecule has 0 N–H and O–H groups in total. The molecular formula is C19H24O5. The number of hydrogen-bond donors (Lipinski definition) is 0. The van der Waals surface area contributed by atoms with E-state index in [0.717, 1.165) is 23.1 Å². The molecule has 0 bridgehead atoms. The van der Waals surface area contributed by atoms with Crippen LogP contribution in [-0.2, 0) is 20.6 Å². The van der Waals surface area contributed by atoms with Gasteiger partial charge in [-0.1, -0.05) is 30.3 Å². The number of hydrogen-bond acceptors (Lipinski definition) is 5. The molecule has 130 valence electrons. The van der Waals surface area contributed by atoms with Crippen LogP contribution in [0.1, 0.15) is 5.56 Å². The molecule has 2 aromatic rings. The Bertz CT molecular complexity index is 583. The van der Waals surface area contributed by atoms with Crippen molar-refractivity contribution in [2.24, 2.45) is 0 Å². The first-order valence-electron chi connectivity index (χ1n) is 7.75.